The SMILES string of the molecule is CNC1CN(c2nc(N)nc3c(C(C)C)n(C(C)C)nc23)C1. The Kier molecular flexibility index (Phi) is 3.68. The summed E-state index contributed by atoms with van der Waals surface area (Å²) >= 11 is 0. The maximum atomic E-state index is 5.96. The molecule has 7 nitrogen and oxygen atoms in total. The topological polar surface area (TPSA) is 84.9 Å². The van der Waals surface area contributed by atoms with Crippen molar-refractivity contribution in [2.45, 2.75) is 45.7 Å². The van der Waals surface area contributed by atoms with Gasteiger partial charge in [0.2, 0.25) is 5.95 Å². The molecule has 1 saturated heterocycles. The minimum atomic E-state index is 0.280. The Morgan fingerprint density at radius 2 is 1.82 bits per heavy atom. The van der Waals surface area contributed by atoms with Crippen molar-refractivity contribution in [2.75, 3.05) is 30.8 Å². The van der Waals surface area contributed by atoms with Crippen LogP contribution in [0.1, 0.15) is 45.3 Å². The minimum absolute atomic E-state index is 0.280. The van der Waals surface area contributed by atoms with Crippen LogP contribution in [-0.2, 0) is 0 Å². The molecule has 2 aromatic rings. The van der Waals surface area contributed by atoms with Crippen molar-refractivity contribution < 1.29 is 0 Å². The van der Waals surface area contributed by atoms with E-state index in [1.807, 2.05) is 7.05 Å². The number of aromatic nitrogens is 4. The lowest BCUT2D eigenvalue weighted by molar-refractivity contribution is 0.447. The highest BCUT2D eigenvalue weighted by molar-refractivity contribution is 5.89. The van der Waals surface area contributed by atoms with Crippen LogP contribution in [0.3, 0.4) is 0 Å². The van der Waals surface area contributed by atoms with Gasteiger partial charge in [0.15, 0.2) is 11.3 Å². The van der Waals surface area contributed by atoms with Gasteiger partial charge < -0.3 is 16.0 Å². The summed E-state index contributed by atoms with van der Waals surface area (Å²) in [5.74, 6) is 1.51. The number of hydrogen-bond acceptors (Lipinski definition) is 6. The molecule has 1 fully saturated rings. The van der Waals surface area contributed by atoms with Gasteiger partial charge >= 0.3 is 0 Å². The molecular weight excluding hydrogens is 278 g/mol. The van der Waals surface area contributed by atoms with Crippen molar-refractivity contribution in [3.05, 3.63) is 5.69 Å². The van der Waals surface area contributed by atoms with Crippen LogP contribution in [0.5, 0.6) is 0 Å². The molecule has 22 heavy (non-hydrogen) atoms. The highest BCUT2D eigenvalue weighted by Crippen LogP contribution is 2.33. The lowest BCUT2D eigenvalue weighted by Gasteiger charge is -2.39. The van der Waals surface area contributed by atoms with E-state index in [9.17, 15) is 0 Å². The van der Waals surface area contributed by atoms with Gasteiger partial charge in [0.25, 0.3) is 0 Å². The van der Waals surface area contributed by atoms with Gasteiger partial charge in [-0.25, -0.2) is 4.98 Å². The second-order valence-electron chi connectivity index (χ2n) is 6.57. The van der Waals surface area contributed by atoms with Gasteiger partial charge in [-0.15, -0.1) is 0 Å². The molecule has 0 atom stereocenters. The zero-order valence-electron chi connectivity index (χ0n) is 14.0. The van der Waals surface area contributed by atoms with Crippen molar-refractivity contribution in [3.63, 3.8) is 0 Å². The molecule has 0 amide bonds. The normalized spacial score (nSPS) is 16.0. The van der Waals surface area contributed by atoms with Crippen molar-refractivity contribution in [2.24, 2.45) is 0 Å². The largest absolute Gasteiger partial charge is 0.368 e. The van der Waals surface area contributed by atoms with Gasteiger partial charge in [-0.2, -0.15) is 10.1 Å². The van der Waals surface area contributed by atoms with Crippen molar-refractivity contribution in [1.29, 1.82) is 0 Å². The molecule has 0 bridgehead atoms. The third-order valence-electron chi connectivity index (χ3n) is 4.21. The Morgan fingerprint density at radius 1 is 1.14 bits per heavy atom. The summed E-state index contributed by atoms with van der Waals surface area (Å²) in [4.78, 5) is 11.1. The van der Waals surface area contributed by atoms with Gasteiger partial charge in [0.05, 0.1) is 5.69 Å². The molecule has 3 rings (SSSR count). The standard InChI is InChI=1S/C15H25N7/c1-8(2)13-11-12(20-22(13)9(3)4)14(19-15(16)18-11)21-6-10(7-21)17-5/h8-10,17H,6-7H2,1-5H3,(H2,16,18). The van der Waals surface area contributed by atoms with E-state index < -0.39 is 0 Å². The third kappa shape index (κ3) is 2.29. The average molecular weight is 303 g/mol. The number of anilines is 2. The van der Waals surface area contributed by atoms with Gasteiger partial charge in [0, 0.05) is 25.2 Å². The van der Waals surface area contributed by atoms with Crippen LogP contribution < -0.4 is 16.0 Å². The molecule has 7 heteroatoms. The average Bonchev–Trinajstić information content (AvgIpc) is 2.76. The second kappa shape index (κ2) is 5.39. The predicted octanol–water partition coefficient (Wildman–Crippen LogP) is 1.52. The summed E-state index contributed by atoms with van der Waals surface area (Å²) in [6.07, 6.45) is 0. The summed E-state index contributed by atoms with van der Waals surface area (Å²) in [5, 5.41) is 8.08. The van der Waals surface area contributed by atoms with Crippen LogP contribution in [-0.4, -0.2) is 45.9 Å². The maximum Gasteiger partial charge on any atom is 0.222 e. The van der Waals surface area contributed by atoms with E-state index in [1.54, 1.807) is 0 Å². The molecule has 1 aliphatic heterocycles. The first-order valence-electron chi connectivity index (χ1n) is 7.90. The van der Waals surface area contributed by atoms with Crippen LogP contribution in [0.15, 0.2) is 0 Å². The van der Waals surface area contributed by atoms with Crippen LogP contribution in [0.25, 0.3) is 11.0 Å². The molecule has 0 aromatic carbocycles. The van der Waals surface area contributed by atoms with E-state index in [-0.39, 0.29) is 6.04 Å². The number of hydrogen-bond donors (Lipinski definition) is 2. The molecule has 2 aromatic heterocycles. The Bertz CT molecular complexity index is 683. The van der Waals surface area contributed by atoms with Gasteiger partial charge in [-0.05, 0) is 26.8 Å². The van der Waals surface area contributed by atoms with E-state index in [1.165, 1.54) is 0 Å². The van der Waals surface area contributed by atoms with Crippen molar-refractivity contribution in [3.8, 4) is 0 Å². The molecule has 0 unspecified atom stereocenters. The van der Waals surface area contributed by atoms with Gasteiger partial charge in [-0.3, -0.25) is 4.68 Å². The summed E-state index contributed by atoms with van der Waals surface area (Å²) in [5.41, 5.74) is 8.84. The number of fused-ring (bicyclic) bond motifs is 1. The van der Waals surface area contributed by atoms with Gasteiger partial charge in [0.1, 0.15) is 5.52 Å². The maximum absolute atomic E-state index is 5.96. The van der Waals surface area contributed by atoms with Gasteiger partial charge in [-0.1, -0.05) is 13.8 Å². The zero-order chi connectivity index (χ0) is 16.0. The first-order valence-corrected chi connectivity index (χ1v) is 7.90. The molecule has 120 valence electrons. The van der Waals surface area contributed by atoms with E-state index >= 15 is 0 Å². The van der Waals surface area contributed by atoms with Crippen LogP contribution in [0.4, 0.5) is 11.8 Å². The molecule has 0 radical (unpaired) electrons. The van der Waals surface area contributed by atoms with E-state index in [0.29, 0.717) is 17.9 Å². The van der Waals surface area contributed by atoms with Crippen molar-refractivity contribution >= 4 is 22.8 Å². The molecule has 0 spiro atoms. The Morgan fingerprint density at radius 3 is 2.36 bits per heavy atom. The predicted molar refractivity (Wildman–Crippen MR) is 89.3 cm³/mol. The first-order chi connectivity index (χ1) is 10.4. The lowest BCUT2D eigenvalue weighted by atomic mass is 10.1. The highest BCUT2D eigenvalue weighted by Gasteiger charge is 2.30. The number of nitrogen functional groups attached to an aromatic ring is 1. The minimum Gasteiger partial charge on any atom is -0.368 e. The van der Waals surface area contributed by atoms with Crippen molar-refractivity contribution in [1.82, 2.24) is 25.1 Å². The third-order valence-corrected chi connectivity index (χ3v) is 4.21. The Balaban J connectivity index is 2.16. The number of likely N-dealkylation sites (N-methyl/N-ethyl adjacent to an activating group) is 1. The fourth-order valence-corrected chi connectivity index (χ4v) is 2.99. The quantitative estimate of drug-likeness (QED) is 0.891. The molecular formula is C15H25N7. The van der Waals surface area contributed by atoms with Crippen LogP contribution >= 0.6 is 0 Å². The van der Waals surface area contributed by atoms with Crippen LogP contribution in [0, 0.1) is 0 Å². The molecule has 0 aliphatic carbocycles. The molecule has 3 N–H and O–H groups in total. The number of nitrogens with two attached hydrogens (primary N) is 1. The van der Waals surface area contributed by atoms with E-state index in [2.05, 4.69) is 52.6 Å². The van der Waals surface area contributed by atoms with E-state index in [4.69, 9.17) is 10.8 Å². The zero-order valence-corrected chi connectivity index (χ0v) is 14.0. The molecule has 1 aliphatic rings. The summed E-state index contributed by atoms with van der Waals surface area (Å²) < 4.78 is 2.06. The second-order valence-corrected chi connectivity index (χ2v) is 6.57. The highest BCUT2D eigenvalue weighted by atomic mass is 15.4. The number of nitrogens with one attached hydrogen (secondary N) is 1. The Labute approximate surface area is 130 Å². The number of rotatable bonds is 4. The summed E-state index contributed by atoms with van der Waals surface area (Å²) in [7, 11) is 1.98. The first kappa shape index (κ1) is 15.0. The fraction of sp³-hybridized carbons (Fsp3) is 0.667. The number of nitrogens with zero attached hydrogens (tertiary/aromatic N) is 5. The van der Waals surface area contributed by atoms with E-state index in [0.717, 1.165) is 35.6 Å². The monoisotopic (exact) mass is 303 g/mol. The lowest BCUT2D eigenvalue weighted by Crippen LogP contribution is -2.57. The smallest absolute Gasteiger partial charge is 0.222 e. The summed E-state index contributed by atoms with van der Waals surface area (Å²) in [6.45, 7) is 10.4. The molecule has 0 saturated carbocycles. The fourth-order valence-electron chi connectivity index (χ4n) is 2.99. The Hall–Kier alpha value is -1.89. The molecule has 3 heterocycles. The van der Waals surface area contributed by atoms with Crippen LogP contribution in [0.2, 0.25) is 0 Å². The summed E-state index contributed by atoms with van der Waals surface area (Å²) in [6, 6.07) is 0.783.